The molecule has 1 aliphatic rings. The molecule has 5 rings (SSSR count). The lowest BCUT2D eigenvalue weighted by molar-refractivity contribution is -0.132. The van der Waals surface area contributed by atoms with Crippen LogP contribution in [-0.4, -0.2) is 47.2 Å². The van der Waals surface area contributed by atoms with Gasteiger partial charge in [-0.3, -0.25) is 4.79 Å². The Morgan fingerprint density at radius 3 is 1.89 bits per heavy atom. The second-order valence-electron chi connectivity index (χ2n) is 9.14. The molecule has 1 saturated heterocycles. The van der Waals surface area contributed by atoms with Crippen LogP contribution in [0.1, 0.15) is 28.2 Å². The number of hydrogen-bond acceptors (Lipinski definition) is 4. The average molecular weight is 463 g/mol. The van der Waals surface area contributed by atoms with Crippen molar-refractivity contribution in [2.75, 3.05) is 31.1 Å². The van der Waals surface area contributed by atoms with Crippen LogP contribution in [-0.2, 0) is 4.79 Å². The Labute approximate surface area is 207 Å². The van der Waals surface area contributed by atoms with Crippen LogP contribution in [0.4, 0.5) is 5.82 Å². The summed E-state index contributed by atoms with van der Waals surface area (Å²) in [6.45, 7) is 7.02. The standard InChI is InChI=1S/C30H30N4O/c1-22-13-14-26(21-23(22)2)27-15-16-28(32-31-27)33-17-19-34(20-18-33)30(35)29(24-9-5-3-6-10-24)25-11-7-4-8-12-25/h3-16,21,29H,17-20H2,1-2H3. The van der Waals surface area contributed by atoms with E-state index < -0.39 is 0 Å². The molecule has 0 saturated carbocycles. The highest BCUT2D eigenvalue weighted by Gasteiger charge is 2.30. The highest BCUT2D eigenvalue weighted by Crippen LogP contribution is 2.28. The van der Waals surface area contributed by atoms with Gasteiger partial charge in [-0.2, -0.15) is 0 Å². The van der Waals surface area contributed by atoms with Gasteiger partial charge in [0.15, 0.2) is 5.82 Å². The maximum Gasteiger partial charge on any atom is 0.234 e. The summed E-state index contributed by atoms with van der Waals surface area (Å²) in [7, 11) is 0. The molecule has 4 aromatic rings. The molecule has 1 aromatic heterocycles. The number of rotatable bonds is 5. The van der Waals surface area contributed by atoms with Gasteiger partial charge in [0.25, 0.3) is 0 Å². The van der Waals surface area contributed by atoms with Gasteiger partial charge in [0, 0.05) is 31.7 Å². The number of amides is 1. The molecule has 0 bridgehead atoms. The minimum Gasteiger partial charge on any atom is -0.352 e. The molecule has 3 aromatic carbocycles. The van der Waals surface area contributed by atoms with Crippen molar-refractivity contribution in [1.82, 2.24) is 15.1 Å². The van der Waals surface area contributed by atoms with Crippen molar-refractivity contribution in [3.8, 4) is 11.3 Å². The highest BCUT2D eigenvalue weighted by atomic mass is 16.2. The van der Waals surface area contributed by atoms with Crippen LogP contribution in [0.25, 0.3) is 11.3 Å². The molecule has 5 nitrogen and oxygen atoms in total. The molecule has 2 heterocycles. The Morgan fingerprint density at radius 1 is 0.714 bits per heavy atom. The van der Waals surface area contributed by atoms with E-state index in [9.17, 15) is 4.79 Å². The largest absolute Gasteiger partial charge is 0.352 e. The molecule has 5 heteroatoms. The number of carbonyl (C=O) groups is 1. The maximum absolute atomic E-state index is 13.7. The van der Waals surface area contributed by atoms with E-state index in [1.54, 1.807) is 0 Å². The van der Waals surface area contributed by atoms with Crippen LogP contribution in [0.15, 0.2) is 91.0 Å². The van der Waals surface area contributed by atoms with Crippen LogP contribution in [0, 0.1) is 13.8 Å². The second kappa shape index (κ2) is 10.1. The van der Waals surface area contributed by atoms with Gasteiger partial charge in [0.1, 0.15) is 0 Å². The molecule has 1 aliphatic heterocycles. The van der Waals surface area contributed by atoms with Crippen LogP contribution in [0.5, 0.6) is 0 Å². The van der Waals surface area contributed by atoms with E-state index in [-0.39, 0.29) is 11.8 Å². The zero-order chi connectivity index (χ0) is 24.2. The van der Waals surface area contributed by atoms with Crippen molar-refractivity contribution in [2.24, 2.45) is 0 Å². The lowest BCUT2D eigenvalue weighted by Gasteiger charge is -2.37. The van der Waals surface area contributed by atoms with Crippen molar-refractivity contribution in [2.45, 2.75) is 19.8 Å². The third-order valence-electron chi connectivity index (χ3n) is 6.88. The Morgan fingerprint density at radius 2 is 1.34 bits per heavy atom. The van der Waals surface area contributed by atoms with Gasteiger partial charge in [-0.25, -0.2) is 0 Å². The minimum absolute atomic E-state index is 0.151. The van der Waals surface area contributed by atoms with Crippen LogP contribution >= 0.6 is 0 Å². The number of piperazine rings is 1. The minimum atomic E-state index is -0.291. The highest BCUT2D eigenvalue weighted by molar-refractivity contribution is 5.87. The molecule has 176 valence electrons. The second-order valence-corrected chi connectivity index (χ2v) is 9.14. The van der Waals surface area contributed by atoms with Crippen LogP contribution < -0.4 is 4.90 Å². The molecule has 1 fully saturated rings. The summed E-state index contributed by atoms with van der Waals surface area (Å²) < 4.78 is 0. The molecule has 0 aliphatic carbocycles. The molecular formula is C30H30N4O. The summed E-state index contributed by atoms with van der Waals surface area (Å²) in [5.74, 6) is 0.714. The summed E-state index contributed by atoms with van der Waals surface area (Å²) in [4.78, 5) is 17.9. The van der Waals surface area contributed by atoms with Gasteiger partial charge in [0.05, 0.1) is 11.6 Å². The molecule has 0 N–H and O–H groups in total. The van der Waals surface area contributed by atoms with Crippen molar-refractivity contribution < 1.29 is 4.79 Å². The normalized spacial score (nSPS) is 13.8. The van der Waals surface area contributed by atoms with Crippen molar-refractivity contribution in [3.05, 3.63) is 113 Å². The fraction of sp³-hybridized carbons (Fsp3) is 0.233. The molecule has 0 unspecified atom stereocenters. The first-order valence-electron chi connectivity index (χ1n) is 12.1. The lowest BCUT2D eigenvalue weighted by atomic mass is 9.90. The Hall–Kier alpha value is -3.99. The van der Waals surface area contributed by atoms with Gasteiger partial charge in [0.2, 0.25) is 5.91 Å². The van der Waals surface area contributed by atoms with E-state index in [0.717, 1.165) is 41.3 Å². The van der Waals surface area contributed by atoms with E-state index in [4.69, 9.17) is 0 Å². The first-order valence-corrected chi connectivity index (χ1v) is 12.1. The Balaban J connectivity index is 1.28. The SMILES string of the molecule is Cc1ccc(-c2ccc(N3CCN(C(=O)C(c4ccccc4)c4ccccc4)CC3)nn2)cc1C. The molecule has 0 spiro atoms. The lowest BCUT2D eigenvalue weighted by Crippen LogP contribution is -2.50. The summed E-state index contributed by atoms with van der Waals surface area (Å²) in [6, 6.07) is 30.5. The van der Waals surface area contributed by atoms with Crippen LogP contribution in [0.2, 0.25) is 0 Å². The number of aromatic nitrogens is 2. The number of aryl methyl sites for hydroxylation is 2. The summed E-state index contributed by atoms with van der Waals surface area (Å²) in [5.41, 5.74) is 6.53. The fourth-order valence-electron chi connectivity index (χ4n) is 4.66. The number of anilines is 1. The average Bonchev–Trinajstić information content (AvgIpc) is 2.92. The first-order chi connectivity index (χ1) is 17.1. The van der Waals surface area contributed by atoms with E-state index in [2.05, 4.69) is 47.1 Å². The zero-order valence-corrected chi connectivity index (χ0v) is 20.3. The Bertz CT molecular complexity index is 1240. The molecule has 0 atom stereocenters. The molecule has 1 amide bonds. The number of nitrogens with zero attached hydrogens (tertiary/aromatic N) is 4. The molecular weight excluding hydrogens is 432 g/mol. The predicted molar refractivity (Wildman–Crippen MR) is 140 cm³/mol. The molecule has 35 heavy (non-hydrogen) atoms. The monoisotopic (exact) mass is 462 g/mol. The van der Waals surface area contributed by atoms with Crippen molar-refractivity contribution in [1.29, 1.82) is 0 Å². The van der Waals surface area contributed by atoms with Gasteiger partial charge in [-0.05, 0) is 54.3 Å². The predicted octanol–water partition coefficient (Wildman–Crippen LogP) is 5.24. The topological polar surface area (TPSA) is 49.3 Å². The van der Waals surface area contributed by atoms with Crippen molar-refractivity contribution >= 4 is 11.7 Å². The van der Waals surface area contributed by atoms with Crippen LogP contribution in [0.3, 0.4) is 0 Å². The maximum atomic E-state index is 13.7. The smallest absolute Gasteiger partial charge is 0.234 e. The van der Waals surface area contributed by atoms with Crippen molar-refractivity contribution in [3.63, 3.8) is 0 Å². The van der Waals surface area contributed by atoms with Gasteiger partial charge < -0.3 is 9.80 Å². The van der Waals surface area contributed by atoms with E-state index in [1.165, 1.54) is 11.1 Å². The fourth-order valence-corrected chi connectivity index (χ4v) is 4.66. The quantitative estimate of drug-likeness (QED) is 0.407. The number of benzene rings is 3. The summed E-state index contributed by atoms with van der Waals surface area (Å²) >= 11 is 0. The third kappa shape index (κ3) is 4.94. The first kappa shape index (κ1) is 22.8. The third-order valence-corrected chi connectivity index (χ3v) is 6.88. The molecule has 0 radical (unpaired) electrons. The van der Waals surface area contributed by atoms with E-state index in [0.29, 0.717) is 13.1 Å². The van der Waals surface area contributed by atoms with Gasteiger partial charge in [-0.1, -0.05) is 72.8 Å². The Kier molecular flexibility index (Phi) is 6.57. The summed E-state index contributed by atoms with van der Waals surface area (Å²) in [5, 5.41) is 8.99. The van der Waals surface area contributed by atoms with E-state index in [1.807, 2.05) is 77.7 Å². The summed E-state index contributed by atoms with van der Waals surface area (Å²) in [6.07, 6.45) is 0. The van der Waals surface area contributed by atoms with Gasteiger partial charge >= 0.3 is 0 Å². The van der Waals surface area contributed by atoms with Gasteiger partial charge in [-0.15, -0.1) is 10.2 Å². The van der Waals surface area contributed by atoms with E-state index >= 15 is 0 Å². The number of carbonyl (C=O) groups excluding carboxylic acids is 1. The zero-order valence-electron chi connectivity index (χ0n) is 20.3. The number of hydrogen-bond donors (Lipinski definition) is 0.